The van der Waals surface area contributed by atoms with Gasteiger partial charge in [0.25, 0.3) is 0 Å². The van der Waals surface area contributed by atoms with Crippen LogP contribution in [0.2, 0.25) is 0 Å². The van der Waals surface area contributed by atoms with Crippen molar-refractivity contribution in [2.45, 2.75) is 19.3 Å². The van der Waals surface area contributed by atoms with E-state index in [1.807, 2.05) is 24.3 Å². The summed E-state index contributed by atoms with van der Waals surface area (Å²) in [6, 6.07) is 9.81. The molecule has 1 aromatic carbocycles. The molecule has 0 bridgehead atoms. The van der Waals surface area contributed by atoms with E-state index in [-0.39, 0.29) is 5.92 Å². The number of rotatable bonds is 4. The molecule has 128 valence electrons. The molecule has 7 nitrogen and oxygen atoms in total. The number of ether oxygens (including phenoxy) is 1. The summed E-state index contributed by atoms with van der Waals surface area (Å²) in [6.07, 6.45) is 2.63. The molecule has 0 unspecified atom stereocenters. The van der Waals surface area contributed by atoms with Gasteiger partial charge in [-0.1, -0.05) is 17.7 Å². The van der Waals surface area contributed by atoms with Crippen molar-refractivity contribution < 1.29 is 9.15 Å². The number of aromatic nitrogens is 4. The van der Waals surface area contributed by atoms with Crippen LogP contribution in [0.25, 0.3) is 11.5 Å². The summed E-state index contributed by atoms with van der Waals surface area (Å²) in [7, 11) is 1.60. The fraction of sp³-hybridized carbons (Fsp3) is 0.333. The highest BCUT2D eigenvalue weighted by molar-refractivity contribution is 5.53. The first-order valence-corrected chi connectivity index (χ1v) is 8.25. The lowest BCUT2D eigenvalue weighted by Crippen LogP contribution is -2.21. The molecule has 1 aliphatic heterocycles. The smallest absolute Gasteiger partial charge is 0.247 e. The molecule has 1 saturated heterocycles. The van der Waals surface area contributed by atoms with Gasteiger partial charge in [0.05, 0.1) is 13.0 Å². The van der Waals surface area contributed by atoms with Crippen molar-refractivity contribution in [1.82, 2.24) is 20.2 Å². The fourth-order valence-corrected chi connectivity index (χ4v) is 2.95. The molecule has 3 aromatic rings. The van der Waals surface area contributed by atoms with Crippen LogP contribution in [0.4, 0.5) is 5.95 Å². The van der Waals surface area contributed by atoms with E-state index in [1.54, 1.807) is 19.4 Å². The van der Waals surface area contributed by atoms with Crippen LogP contribution in [0.1, 0.15) is 23.8 Å². The Kier molecular flexibility index (Phi) is 4.05. The summed E-state index contributed by atoms with van der Waals surface area (Å²) in [6.45, 7) is 3.65. The summed E-state index contributed by atoms with van der Waals surface area (Å²) >= 11 is 0. The molecule has 1 aliphatic rings. The third-order valence-corrected chi connectivity index (χ3v) is 4.39. The lowest BCUT2D eigenvalue weighted by molar-refractivity contribution is 0.397. The van der Waals surface area contributed by atoms with Gasteiger partial charge in [-0.3, -0.25) is 0 Å². The molecular weight excluding hydrogens is 318 g/mol. The third-order valence-electron chi connectivity index (χ3n) is 4.39. The second-order valence-electron chi connectivity index (χ2n) is 6.14. The Labute approximate surface area is 145 Å². The van der Waals surface area contributed by atoms with Crippen LogP contribution >= 0.6 is 0 Å². The normalized spacial score (nSPS) is 17.0. The highest BCUT2D eigenvalue weighted by Gasteiger charge is 2.30. The zero-order valence-corrected chi connectivity index (χ0v) is 14.2. The Hall–Kier alpha value is -2.96. The van der Waals surface area contributed by atoms with Gasteiger partial charge in [-0.2, -0.15) is 4.98 Å². The number of nitrogens with zero attached hydrogens (tertiary/aromatic N) is 5. The second kappa shape index (κ2) is 6.51. The van der Waals surface area contributed by atoms with Crippen molar-refractivity contribution in [2.24, 2.45) is 0 Å². The summed E-state index contributed by atoms with van der Waals surface area (Å²) in [5.74, 6) is 2.64. The Morgan fingerprint density at radius 1 is 1.16 bits per heavy atom. The van der Waals surface area contributed by atoms with E-state index in [0.29, 0.717) is 23.6 Å². The Bertz CT molecular complexity index is 862. The molecule has 25 heavy (non-hydrogen) atoms. The van der Waals surface area contributed by atoms with Crippen molar-refractivity contribution in [2.75, 3.05) is 25.1 Å². The van der Waals surface area contributed by atoms with Gasteiger partial charge < -0.3 is 14.1 Å². The molecule has 4 rings (SSSR count). The number of hydrogen-bond donors (Lipinski definition) is 0. The molecule has 1 fully saturated rings. The number of aryl methyl sites for hydroxylation is 1. The first-order chi connectivity index (χ1) is 12.2. The molecule has 2 aromatic heterocycles. The highest BCUT2D eigenvalue weighted by atomic mass is 16.5. The minimum absolute atomic E-state index is 0.182. The lowest BCUT2D eigenvalue weighted by atomic mass is 10.1. The second-order valence-corrected chi connectivity index (χ2v) is 6.14. The van der Waals surface area contributed by atoms with E-state index in [9.17, 15) is 0 Å². The number of hydrogen-bond acceptors (Lipinski definition) is 7. The Morgan fingerprint density at radius 3 is 2.80 bits per heavy atom. The van der Waals surface area contributed by atoms with E-state index in [0.717, 1.165) is 25.1 Å². The maximum atomic E-state index is 5.91. The van der Waals surface area contributed by atoms with Crippen molar-refractivity contribution in [3.8, 4) is 17.3 Å². The molecule has 7 heteroatoms. The van der Waals surface area contributed by atoms with E-state index < -0.39 is 0 Å². The van der Waals surface area contributed by atoms with E-state index >= 15 is 0 Å². The SMILES string of the molecule is COc1ccnc(N2CC[C@H](c3nnc(-c4ccc(C)cc4)o3)C2)n1. The number of anilines is 1. The van der Waals surface area contributed by atoms with Crippen LogP contribution in [0.15, 0.2) is 40.9 Å². The standard InChI is InChI=1S/C18H19N5O2/c1-12-3-5-13(6-4-12)16-21-22-17(25-16)14-8-10-23(11-14)18-19-9-7-15(20-18)24-2/h3-7,9,14H,8,10-11H2,1-2H3/t14-/m0/s1. The minimum Gasteiger partial charge on any atom is -0.481 e. The van der Waals surface area contributed by atoms with Crippen molar-refractivity contribution in [3.63, 3.8) is 0 Å². The Morgan fingerprint density at radius 2 is 2.00 bits per heavy atom. The molecular formula is C18H19N5O2. The van der Waals surface area contributed by atoms with Crippen LogP contribution in [-0.4, -0.2) is 40.4 Å². The van der Waals surface area contributed by atoms with Gasteiger partial charge in [0.15, 0.2) is 0 Å². The predicted molar refractivity (Wildman–Crippen MR) is 92.6 cm³/mol. The number of methoxy groups -OCH3 is 1. The van der Waals surface area contributed by atoms with E-state index in [1.165, 1.54) is 5.56 Å². The van der Waals surface area contributed by atoms with Crippen molar-refractivity contribution >= 4 is 5.95 Å². The van der Waals surface area contributed by atoms with Crippen LogP contribution in [0, 0.1) is 6.92 Å². The summed E-state index contributed by atoms with van der Waals surface area (Å²) in [5.41, 5.74) is 2.14. The van der Waals surface area contributed by atoms with Crippen LogP contribution in [-0.2, 0) is 0 Å². The van der Waals surface area contributed by atoms with Gasteiger partial charge in [-0.15, -0.1) is 10.2 Å². The summed E-state index contributed by atoms with van der Waals surface area (Å²) < 4.78 is 11.1. The van der Waals surface area contributed by atoms with Gasteiger partial charge >= 0.3 is 0 Å². The lowest BCUT2D eigenvalue weighted by Gasteiger charge is -2.15. The van der Waals surface area contributed by atoms with Crippen LogP contribution < -0.4 is 9.64 Å². The van der Waals surface area contributed by atoms with E-state index in [4.69, 9.17) is 9.15 Å². The Balaban J connectivity index is 1.49. The van der Waals surface area contributed by atoms with Crippen molar-refractivity contribution in [1.29, 1.82) is 0 Å². The van der Waals surface area contributed by atoms with Crippen LogP contribution in [0.5, 0.6) is 5.88 Å². The summed E-state index contributed by atoms with van der Waals surface area (Å²) in [4.78, 5) is 10.8. The average Bonchev–Trinajstić information content (AvgIpc) is 3.32. The maximum absolute atomic E-state index is 5.91. The first-order valence-electron chi connectivity index (χ1n) is 8.25. The van der Waals surface area contributed by atoms with Gasteiger partial charge in [-0.05, 0) is 25.5 Å². The van der Waals surface area contributed by atoms with E-state index in [2.05, 4.69) is 32.0 Å². The van der Waals surface area contributed by atoms with Gasteiger partial charge in [0.2, 0.25) is 23.6 Å². The molecule has 3 heterocycles. The molecule has 0 spiro atoms. The van der Waals surface area contributed by atoms with Crippen LogP contribution in [0.3, 0.4) is 0 Å². The largest absolute Gasteiger partial charge is 0.481 e. The highest BCUT2D eigenvalue weighted by Crippen LogP contribution is 2.30. The average molecular weight is 337 g/mol. The van der Waals surface area contributed by atoms with Gasteiger partial charge in [-0.25, -0.2) is 4.98 Å². The van der Waals surface area contributed by atoms with Gasteiger partial charge in [0.1, 0.15) is 0 Å². The number of benzene rings is 1. The first kappa shape index (κ1) is 15.6. The topological polar surface area (TPSA) is 77.2 Å². The maximum Gasteiger partial charge on any atom is 0.247 e. The quantitative estimate of drug-likeness (QED) is 0.724. The fourth-order valence-electron chi connectivity index (χ4n) is 2.95. The molecule has 0 radical (unpaired) electrons. The summed E-state index contributed by atoms with van der Waals surface area (Å²) in [5, 5.41) is 8.45. The monoisotopic (exact) mass is 337 g/mol. The van der Waals surface area contributed by atoms with Gasteiger partial charge in [0, 0.05) is 30.9 Å². The molecule has 0 N–H and O–H groups in total. The molecule has 0 amide bonds. The predicted octanol–water partition coefficient (Wildman–Crippen LogP) is 2.84. The molecule has 0 aliphatic carbocycles. The zero-order valence-electron chi connectivity index (χ0n) is 14.2. The third kappa shape index (κ3) is 3.17. The minimum atomic E-state index is 0.182. The van der Waals surface area contributed by atoms with Crippen molar-refractivity contribution in [3.05, 3.63) is 48.0 Å². The zero-order chi connectivity index (χ0) is 17.2. The molecule has 0 saturated carbocycles. The molecule has 1 atom stereocenters.